The molecule has 0 amide bonds. The first kappa shape index (κ1) is 17.1. The lowest BCUT2D eigenvalue weighted by Gasteiger charge is -2.23. The van der Waals surface area contributed by atoms with E-state index in [-0.39, 0.29) is 6.04 Å². The number of para-hydroxylation sites is 2. The first-order valence-electron chi connectivity index (χ1n) is 8.62. The molecular formula is C19H21N3O3S. The molecule has 2 aromatic carbocycles. The van der Waals surface area contributed by atoms with Crippen LogP contribution in [-0.4, -0.2) is 36.3 Å². The van der Waals surface area contributed by atoms with Crippen molar-refractivity contribution >= 4 is 21.1 Å². The standard InChI is InChI=1S/C19H21N3O3S/c1-13-12-14(25-2)9-10-18(13)26(23,24)22-11-5-8-17(22)19-20-15-6-3-4-7-16(15)21-19/h3-4,6-7,9-10,12,17H,5,8,11H2,1-2H3,(H,20,21). The van der Waals surface area contributed by atoms with Gasteiger partial charge < -0.3 is 9.72 Å². The van der Waals surface area contributed by atoms with Gasteiger partial charge in [0.25, 0.3) is 0 Å². The number of H-pyrrole nitrogens is 1. The van der Waals surface area contributed by atoms with Crippen LogP contribution in [0, 0.1) is 6.92 Å². The molecule has 1 aliphatic heterocycles. The highest BCUT2D eigenvalue weighted by molar-refractivity contribution is 7.89. The molecule has 26 heavy (non-hydrogen) atoms. The second kappa shape index (κ2) is 6.41. The maximum Gasteiger partial charge on any atom is 0.244 e. The summed E-state index contributed by atoms with van der Waals surface area (Å²) in [5.41, 5.74) is 2.46. The SMILES string of the molecule is COc1ccc(S(=O)(=O)N2CCCC2c2nc3ccccc3[nH]2)c(C)c1. The Morgan fingerprint density at radius 2 is 2.04 bits per heavy atom. The quantitative estimate of drug-likeness (QED) is 0.763. The number of hydrogen-bond acceptors (Lipinski definition) is 4. The molecular weight excluding hydrogens is 350 g/mol. The number of aryl methyl sites for hydroxylation is 1. The second-order valence-corrected chi connectivity index (χ2v) is 8.40. The molecule has 0 bridgehead atoms. The average Bonchev–Trinajstić information content (AvgIpc) is 3.28. The lowest BCUT2D eigenvalue weighted by Crippen LogP contribution is -2.31. The van der Waals surface area contributed by atoms with Crippen molar-refractivity contribution < 1.29 is 13.2 Å². The number of hydrogen-bond donors (Lipinski definition) is 1. The van der Waals surface area contributed by atoms with Crippen LogP contribution < -0.4 is 4.74 Å². The van der Waals surface area contributed by atoms with Crippen LogP contribution in [0.15, 0.2) is 47.4 Å². The molecule has 1 atom stereocenters. The molecule has 1 N–H and O–H groups in total. The van der Waals surface area contributed by atoms with E-state index in [9.17, 15) is 8.42 Å². The maximum absolute atomic E-state index is 13.3. The van der Waals surface area contributed by atoms with E-state index < -0.39 is 10.0 Å². The number of rotatable bonds is 4. The number of aromatic nitrogens is 2. The predicted octanol–water partition coefficient (Wildman–Crippen LogP) is 3.41. The zero-order chi connectivity index (χ0) is 18.3. The van der Waals surface area contributed by atoms with Crippen molar-refractivity contribution in [3.63, 3.8) is 0 Å². The number of aromatic amines is 1. The third-order valence-corrected chi connectivity index (χ3v) is 6.96. The highest BCUT2D eigenvalue weighted by Gasteiger charge is 2.38. The molecule has 2 heterocycles. The van der Waals surface area contributed by atoms with Crippen molar-refractivity contribution in [3.05, 3.63) is 53.9 Å². The van der Waals surface area contributed by atoms with Gasteiger partial charge in [-0.1, -0.05) is 12.1 Å². The van der Waals surface area contributed by atoms with Crippen molar-refractivity contribution in [2.24, 2.45) is 0 Å². The summed E-state index contributed by atoms with van der Waals surface area (Å²) < 4.78 is 33.4. The minimum Gasteiger partial charge on any atom is -0.497 e. The van der Waals surface area contributed by atoms with Crippen LogP contribution in [0.2, 0.25) is 0 Å². The van der Waals surface area contributed by atoms with Crippen LogP contribution >= 0.6 is 0 Å². The minimum atomic E-state index is -3.61. The fourth-order valence-corrected chi connectivity index (χ4v) is 5.46. The molecule has 1 saturated heterocycles. The van der Waals surface area contributed by atoms with Gasteiger partial charge in [-0.3, -0.25) is 0 Å². The minimum absolute atomic E-state index is 0.270. The molecule has 1 aliphatic rings. The molecule has 6 nitrogen and oxygen atoms in total. The van der Waals surface area contributed by atoms with E-state index in [4.69, 9.17) is 4.74 Å². The van der Waals surface area contributed by atoms with Gasteiger partial charge in [-0.05, 0) is 55.7 Å². The van der Waals surface area contributed by atoms with E-state index in [2.05, 4.69) is 9.97 Å². The zero-order valence-corrected chi connectivity index (χ0v) is 15.6. The predicted molar refractivity (Wildman–Crippen MR) is 99.7 cm³/mol. The van der Waals surface area contributed by atoms with Crippen LogP contribution in [0.5, 0.6) is 5.75 Å². The third-order valence-electron chi connectivity index (χ3n) is 4.90. The van der Waals surface area contributed by atoms with E-state index in [0.717, 1.165) is 23.9 Å². The first-order chi connectivity index (χ1) is 12.5. The molecule has 1 fully saturated rings. The van der Waals surface area contributed by atoms with E-state index in [1.165, 1.54) is 0 Å². The summed E-state index contributed by atoms with van der Waals surface area (Å²) in [6, 6.07) is 12.5. The van der Waals surface area contributed by atoms with E-state index >= 15 is 0 Å². The molecule has 1 unspecified atom stereocenters. The number of ether oxygens (including phenoxy) is 1. The van der Waals surface area contributed by atoms with Crippen LogP contribution in [0.3, 0.4) is 0 Å². The van der Waals surface area contributed by atoms with E-state index in [1.54, 1.807) is 36.5 Å². The van der Waals surface area contributed by atoms with Gasteiger partial charge in [-0.2, -0.15) is 4.31 Å². The van der Waals surface area contributed by atoms with Crippen molar-refractivity contribution in [1.82, 2.24) is 14.3 Å². The number of imidazole rings is 1. The van der Waals surface area contributed by atoms with Gasteiger partial charge in [-0.25, -0.2) is 13.4 Å². The smallest absolute Gasteiger partial charge is 0.244 e. The monoisotopic (exact) mass is 371 g/mol. The van der Waals surface area contributed by atoms with Gasteiger partial charge in [0.05, 0.1) is 29.1 Å². The van der Waals surface area contributed by atoms with Gasteiger partial charge in [0.2, 0.25) is 10.0 Å². The Hall–Kier alpha value is -2.38. The topological polar surface area (TPSA) is 75.3 Å². The van der Waals surface area contributed by atoms with Crippen LogP contribution in [0.25, 0.3) is 11.0 Å². The van der Waals surface area contributed by atoms with Gasteiger partial charge in [0, 0.05) is 6.54 Å². The Bertz CT molecular complexity index is 1030. The maximum atomic E-state index is 13.3. The lowest BCUT2D eigenvalue weighted by molar-refractivity contribution is 0.385. The van der Waals surface area contributed by atoms with Crippen molar-refractivity contribution in [3.8, 4) is 5.75 Å². The summed E-state index contributed by atoms with van der Waals surface area (Å²) >= 11 is 0. The Morgan fingerprint density at radius 1 is 1.23 bits per heavy atom. The van der Waals surface area contributed by atoms with Gasteiger partial charge in [0.1, 0.15) is 11.6 Å². The summed E-state index contributed by atoms with van der Waals surface area (Å²) in [6.45, 7) is 2.29. The number of nitrogens with zero attached hydrogens (tertiary/aromatic N) is 2. The highest BCUT2D eigenvalue weighted by atomic mass is 32.2. The molecule has 0 spiro atoms. The second-order valence-electron chi connectivity index (χ2n) is 6.54. The van der Waals surface area contributed by atoms with E-state index in [0.29, 0.717) is 28.6 Å². The van der Waals surface area contributed by atoms with Gasteiger partial charge in [0.15, 0.2) is 0 Å². The van der Waals surface area contributed by atoms with Crippen molar-refractivity contribution in [2.45, 2.75) is 30.7 Å². The Morgan fingerprint density at radius 3 is 2.77 bits per heavy atom. The lowest BCUT2D eigenvalue weighted by atomic mass is 10.2. The highest BCUT2D eigenvalue weighted by Crippen LogP contribution is 2.37. The fraction of sp³-hybridized carbons (Fsp3) is 0.316. The molecule has 4 rings (SSSR count). The summed E-state index contributed by atoms with van der Waals surface area (Å²) in [6.07, 6.45) is 1.57. The van der Waals surface area contributed by atoms with Crippen molar-refractivity contribution in [2.75, 3.05) is 13.7 Å². The molecule has 0 aliphatic carbocycles. The largest absolute Gasteiger partial charge is 0.497 e. The number of methoxy groups -OCH3 is 1. The first-order valence-corrected chi connectivity index (χ1v) is 10.1. The Labute approximate surface area is 152 Å². The van der Waals surface area contributed by atoms with Gasteiger partial charge >= 0.3 is 0 Å². The molecule has 7 heteroatoms. The molecule has 3 aromatic rings. The molecule has 136 valence electrons. The van der Waals surface area contributed by atoms with Gasteiger partial charge in [-0.15, -0.1) is 0 Å². The molecule has 0 radical (unpaired) electrons. The summed E-state index contributed by atoms with van der Waals surface area (Å²) in [7, 11) is -2.04. The number of benzene rings is 2. The summed E-state index contributed by atoms with van der Waals surface area (Å²) in [5, 5.41) is 0. The Kier molecular flexibility index (Phi) is 4.20. The average molecular weight is 371 g/mol. The van der Waals surface area contributed by atoms with E-state index in [1.807, 2.05) is 24.3 Å². The summed E-state index contributed by atoms with van der Waals surface area (Å²) in [5.74, 6) is 1.36. The fourth-order valence-electron chi connectivity index (χ4n) is 3.60. The number of fused-ring (bicyclic) bond motifs is 1. The normalized spacial score (nSPS) is 18.5. The molecule has 0 saturated carbocycles. The van der Waals surface area contributed by atoms with Crippen LogP contribution in [-0.2, 0) is 10.0 Å². The third kappa shape index (κ3) is 2.77. The van der Waals surface area contributed by atoms with Crippen LogP contribution in [0.4, 0.5) is 0 Å². The number of nitrogens with one attached hydrogen (secondary N) is 1. The summed E-state index contributed by atoms with van der Waals surface area (Å²) in [4.78, 5) is 8.23. The molecule has 1 aromatic heterocycles. The van der Waals surface area contributed by atoms with Crippen molar-refractivity contribution in [1.29, 1.82) is 0 Å². The number of sulfonamides is 1. The zero-order valence-electron chi connectivity index (χ0n) is 14.8. The Balaban J connectivity index is 1.73. The van der Waals surface area contributed by atoms with Crippen LogP contribution in [0.1, 0.15) is 30.3 Å².